The average Bonchev–Trinajstić information content (AvgIpc) is 2.61. The number of rotatable bonds is 4. The Kier molecular flexibility index (Phi) is 4.50. The normalized spacial score (nSPS) is 12.4. The van der Waals surface area contributed by atoms with Crippen molar-refractivity contribution in [1.82, 2.24) is 0 Å². The minimum absolute atomic E-state index is 0.407. The van der Waals surface area contributed by atoms with E-state index in [1.54, 1.807) is 0 Å². The maximum absolute atomic E-state index is 2.26. The van der Waals surface area contributed by atoms with E-state index in [-0.39, 0.29) is 0 Å². The average molecular weight is 284 g/mol. The monoisotopic (exact) mass is 284 g/mol. The van der Waals surface area contributed by atoms with Crippen LogP contribution in [0, 0.1) is 0 Å². The lowest BCUT2D eigenvalue weighted by Crippen LogP contribution is -1.89. The smallest absolute Gasteiger partial charge is 0.000710 e. The molecule has 0 bridgehead atoms. The summed E-state index contributed by atoms with van der Waals surface area (Å²) < 4.78 is 0. The quantitative estimate of drug-likeness (QED) is 0.537. The molecule has 3 rings (SSSR count). The van der Waals surface area contributed by atoms with E-state index in [9.17, 15) is 0 Å². The van der Waals surface area contributed by atoms with Crippen molar-refractivity contribution < 1.29 is 0 Å². The van der Waals surface area contributed by atoms with E-state index < -0.39 is 0 Å². The molecule has 0 aromatic heterocycles. The van der Waals surface area contributed by atoms with Crippen molar-refractivity contribution in [2.24, 2.45) is 0 Å². The van der Waals surface area contributed by atoms with Gasteiger partial charge in [-0.15, -0.1) is 0 Å². The van der Waals surface area contributed by atoms with Crippen molar-refractivity contribution in [1.29, 1.82) is 0 Å². The van der Waals surface area contributed by atoms with Crippen LogP contribution in [0.1, 0.15) is 24.0 Å². The molecule has 0 fully saturated rings. The van der Waals surface area contributed by atoms with Gasteiger partial charge in [-0.25, -0.2) is 0 Å². The number of hydrogen-bond donors (Lipinski definition) is 0. The second-order valence-corrected chi connectivity index (χ2v) is 5.55. The van der Waals surface area contributed by atoms with Gasteiger partial charge < -0.3 is 0 Å². The zero-order valence-electron chi connectivity index (χ0n) is 12.8. The van der Waals surface area contributed by atoms with Gasteiger partial charge >= 0.3 is 0 Å². The largest absolute Gasteiger partial charge is 0.0767 e. The molecule has 0 radical (unpaired) electrons. The molecule has 0 amide bonds. The van der Waals surface area contributed by atoms with Crippen LogP contribution in [-0.4, -0.2) is 0 Å². The third kappa shape index (κ3) is 3.53. The van der Waals surface area contributed by atoms with Crippen molar-refractivity contribution in [2.75, 3.05) is 0 Å². The Bertz CT molecular complexity index is 722. The molecular formula is C22H20. The fourth-order valence-corrected chi connectivity index (χ4v) is 2.54. The minimum atomic E-state index is 0.407. The molecule has 0 heteroatoms. The number of hydrogen-bond acceptors (Lipinski definition) is 0. The van der Waals surface area contributed by atoms with Crippen LogP contribution in [0.4, 0.5) is 0 Å². The first-order valence-corrected chi connectivity index (χ1v) is 7.71. The fraction of sp³-hybridized carbons (Fsp3) is 0.0909. The number of benzene rings is 3. The van der Waals surface area contributed by atoms with Crippen LogP contribution in [0.3, 0.4) is 0 Å². The Morgan fingerprint density at radius 2 is 1.18 bits per heavy atom. The Balaban J connectivity index is 1.74. The Morgan fingerprint density at radius 1 is 0.636 bits per heavy atom. The van der Waals surface area contributed by atoms with Crippen LogP contribution in [0.2, 0.25) is 0 Å². The van der Waals surface area contributed by atoms with Gasteiger partial charge in [0.25, 0.3) is 0 Å². The van der Waals surface area contributed by atoms with Crippen LogP contribution in [0.25, 0.3) is 17.2 Å². The molecule has 0 saturated heterocycles. The first-order valence-electron chi connectivity index (χ1n) is 7.71. The molecule has 1 atom stereocenters. The maximum atomic E-state index is 2.26. The van der Waals surface area contributed by atoms with E-state index in [2.05, 4.69) is 91.9 Å². The highest BCUT2D eigenvalue weighted by Crippen LogP contribution is 2.23. The van der Waals surface area contributed by atoms with Gasteiger partial charge in [-0.2, -0.15) is 0 Å². The third-order valence-electron chi connectivity index (χ3n) is 3.92. The van der Waals surface area contributed by atoms with Crippen LogP contribution in [0.5, 0.6) is 0 Å². The third-order valence-corrected chi connectivity index (χ3v) is 3.92. The van der Waals surface area contributed by atoms with E-state index in [1.165, 1.54) is 22.3 Å². The molecule has 0 heterocycles. The molecule has 0 spiro atoms. The summed E-state index contributed by atoms with van der Waals surface area (Å²) >= 11 is 0. The lowest BCUT2D eigenvalue weighted by molar-refractivity contribution is 0.973. The van der Waals surface area contributed by atoms with Crippen molar-refractivity contribution in [3.63, 3.8) is 0 Å². The van der Waals surface area contributed by atoms with Crippen LogP contribution in [-0.2, 0) is 0 Å². The maximum Gasteiger partial charge on any atom is -0.000710 e. The lowest BCUT2D eigenvalue weighted by Gasteiger charge is -2.08. The predicted octanol–water partition coefficient (Wildman–Crippen LogP) is 6.17. The molecule has 0 nitrogen and oxygen atoms in total. The topological polar surface area (TPSA) is 0 Å². The molecule has 0 N–H and O–H groups in total. The lowest BCUT2D eigenvalue weighted by atomic mass is 9.96. The van der Waals surface area contributed by atoms with Crippen molar-refractivity contribution >= 4 is 6.08 Å². The Morgan fingerprint density at radius 3 is 1.82 bits per heavy atom. The van der Waals surface area contributed by atoms with E-state index in [0.717, 1.165) is 0 Å². The first kappa shape index (κ1) is 14.3. The highest BCUT2D eigenvalue weighted by molar-refractivity contribution is 5.63. The van der Waals surface area contributed by atoms with Crippen LogP contribution < -0.4 is 0 Å². The Labute approximate surface area is 132 Å². The van der Waals surface area contributed by atoms with Crippen LogP contribution >= 0.6 is 0 Å². The van der Waals surface area contributed by atoms with E-state index >= 15 is 0 Å². The van der Waals surface area contributed by atoms with Gasteiger partial charge in [0.05, 0.1) is 0 Å². The second-order valence-electron chi connectivity index (χ2n) is 5.55. The van der Waals surface area contributed by atoms with Gasteiger partial charge in [-0.05, 0) is 28.2 Å². The molecule has 0 aliphatic carbocycles. The molecule has 0 aliphatic heterocycles. The molecule has 3 aromatic carbocycles. The van der Waals surface area contributed by atoms with Crippen LogP contribution in [0.15, 0.2) is 91.0 Å². The van der Waals surface area contributed by atoms with E-state index in [1.807, 2.05) is 12.1 Å². The molecule has 0 saturated carbocycles. The first-order chi connectivity index (χ1) is 10.8. The van der Waals surface area contributed by atoms with Gasteiger partial charge in [0, 0.05) is 0 Å². The summed E-state index contributed by atoms with van der Waals surface area (Å²) in [5.41, 5.74) is 5.12. The summed E-state index contributed by atoms with van der Waals surface area (Å²) in [6.45, 7) is 2.23. The standard InChI is InChI=1S/C22H20/c1-18(12-13-19-8-4-2-5-9-19)20-14-16-22(17-15-20)21-10-6-3-7-11-21/h2-18H,1H3/b13-12+/t18-/m0/s1. The molecule has 3 aromatic rings. The number of allylic oxidation sites excluding steroid dienone is 1. The SMILES string of the molecule is C[C@@H](/C=C/c1ccccc1)c1ccc(-c2ccccc2)cc1. The van der Waals surface area contributed by atoms with Gasteiger partial charge in [0.2, 0.25) is 0 Å². The van der Waals surface area contributed by atoms with Crippen molar-refractivity contribution in [3.8, 4) is 11.1 Å². The summed E-state index contributed by atoms with van der Waals surface area (Å²) in [6.07, 6.45) is 4.45. The zero-order chi connectivity index (χ0) is 15.2. The molecular weight excluding hydrogens is 264 g/mol. The van der Waals surface area contributed by atoms with Crippen molar-refractivity contribution in [2.45, 2.75) is 12.8 Å². The van der Waals surface area contributed by atoms with Gasteiger partial charge in [0.15, 0.2) is 0 Å². The Hall–Kier alpha value is -2.60. The van der Waals surface area contributed by atoms with E-state index in [4.69, 9.17) is 0 Å². The predicted molar refractivity (Wildman–Crippen MR) is 95.8 cm³/mol. The summed E-state index contributed by atoms with van der Waals surface area (Å²) in [4.78, 5) is 0. The summed E-state index contributed by atoms with van der Waals surface area (Å²) in [6, 6.07) is 29.8. The molecule has 0 unspecified atom stereocenters. The zero-order valence-corrected chi connectivity index (χ0v) is 12.8. The highest BCUT2D eigenvalue weighted by Gasteiger charge is 2.02. The minimum Gasteiger partial charge on any atom is -0.0767 e. The summed E-state index contributed by atoms with van der Waals surface area (Å²) in [5.74, 6) is 0.407. The van der Waals surface area contributed by atoms with E-state index in [0.29, 0.717) is 5.92 Å². The molecule has 22 heavy (non-hydrogen) atoms. The second kappa shape index (κ2) is 6.91. The highest BCUT2D eigenvalue weighted by atomic mass is 14.1. The van der Waals surface area contributed by atoms with Gasteiger partial charge in [0.1, 0.15) is 0 Å². The fourth-order valence-electron chi connectivity index (χ4n) is 2.54. The molecule has 0 aliphatic rings. The summed E-state index contributed by atoms with van der Waals surface area (Å²) in [5, 5.41) is 0. The van der Waals surface area contributed by atoms with Gasteiger partial charge in [-0.1, -0.05) is 104 Å². The molecule has 108 valence electrons. The van der Waals surface area contributed by atoms with Gasteiger partial charge in [-0.3, -0.25) is 0 Å². The van der Waals surface area contributed by atoms with Crippen molar-refractivity contribution in [3.05, 3.63) is 102 Å². The summed E-state index contributed by atoms with van der Waals surface area (Å²) in [7, 11) is 0.